The van der Waals surface area contributed by atoms with Crippen molar-refractivity contribution < 1.29 is 14.2 Å². The number of halogens is 1. The second-order valence-corrected chi connectivity index (χ2v) is 6.10. The van der Waals surface area contributed by atoms with Crippen LogP contribution in [-0.4, -0.2) is 42.7 Å². The second kappa shape index (κ2) is 8.40. The zero-order valence-corrected chi connectivity index (χ0v) is 15.1. The number of nitrogens with zero attached hydrogens (tertiary/aromatic N) is 3. The monoisotopic (exact) mass is 387 g/mol. The van der Waals surface area contributed by atoms with Crippen LogP contribution in [0.5, 0.6) is 11.5 Å². The Hall–Kier alpha value is -1.25. The van der Waals surface area contributed by atoms with Crippen LogP contribution in [0.1, 0.15) is 5.56 Å². The van der Waals surface area contributed by atoms with Crippen molar-refractivity contribution in [2.75, 3.05) is 27.9 Å². The van der Waals surface area contributed by atoms with Crippen LogP contribution in [0.15, 0.2) is 28.1 Å². The van der Waals surface area contributed by atoms with Gasteiger partial charge in [0.05, 0.1) is 25.3 Å². The molecule has 2 rings (SSSR count). The Morgan fingerprint density at radius 1 is 1.23 bits per heavy atom. The van der Waals surface area contributed by atoms with Gasteiger partial charge in [0.15, 0.2) is 16.7 Å². The van der Waals surface area contributed by atoms with Gasteiger partial charge in [0.2, 0.25) is 0 Å². The molecule has 8 heteroatoms. The van der Waals surface area contributed by atoms with E-state index < -0.39 is 0 Å². The molecule has 0 amide bonds. The van der Waals surface area contributed by atoms with Crippen LogP contribution in [0, 0.1) is 0 Å². The first-order valence-electron chi connectivity index (χ1n) is 6.60. The maximum atomic E-state index is 5.39. The fraction of sp³-hybridized carbons (Fsp3) is 0.429. The van der Waals surface area contributed by atoms with E-state index in [-0.39, 0.29) is 0 Å². The Bertz CT molecular complexity index is 621. The van der Waals surface area contributed by atoms with E-state index in [0.29, 0.717) is 18.1 Å². The van der Waals surface area contributed by atoms with Crippen molar-refractivity contribution >= 4 is 27.7 Å². The minimum absolute atomic E-state index is 0.631. The third-order valence-electron chi connectivity index (χ3n) is 3.04. The lowest BCUT2D eigenvalue weighted by molar-refractivity contribution is 0.184. The van der Waals surface area contributed by atoms with Gasteiger partial charge in [-0.2, -0.15) is 0 Å². The Kier molecular flexibility index (Phi) is 6.53. The Labute approximate surface area is 142 Å². The summed E-state index contributed by atoms with van der Waals surface area (Å²) in [5, 5.41) is 8.95. The second-order valence-electron chi connectivity index (χ2n) is 4.36. The Morgan fingerprint density at radius 3 is 2.73 bits per heavy atom. The molecule has 6 nitrogen and oxygen atoms in total. The number of rotatable bonds is 8. The average Bonchev–Trinajstić information content (AvgIpc) is 2.98. The highest BCUT2D eigenvalue weighted by Crippen LogP contribution is 2.39. The van der Waals surface area contributed by atoms with E-state index in [4.69, 9.17) is 14.2 Å². The summed E-state index contributed by atoms with van der Waals surface area (Å²) in [6.45, 7) is 1.37. The third kappa shape index (κ3) is 3.93. The minimum Gasteiger partial charge on any atom is -0.493 e. The molecule has 0 radical (unpaired) electrons. The van der Waals surface area contributed by atoms with Crippen LogP contribution >= 0.6 is 27.7 Å². The molecule has 0 saturated carbocycles. The first kappa shape index (κ1) is 17.1. The first-order chi connectivity index (χ1) is 10.7. The third-order valence-corrected chi connectivity index (χ3v) is 4.94. The minimum atomic E-state index is 0.631. The zero-order valence-electron chi connectivity index (χ0n) is 12.7. The van der Waals surface area contributed by atoms with Crippen LogP contribution in [0.2, 0.25) is 0 Å². The summed E-state index contributed by atoms with van der Waals surface area (Å²) in [5.74, 6) is 2.14. The molecular weight excluding hydrogens is 370 g/mol. The highest BCUT2D eigenvalue weighted by molar-refractivity contribution is 9.10. The van der Waals surface area contributed by atoms with Crippen molar-refractivity contribution in [1.82, 2.24) is 14.8 Å². The summed E-state index contributed by atoms with van der Waals surface area (Å²) in [4.78, 5) is 0. The number of hydrogen-bond acceptors (Lipinski definition) is 6. The molecule has 0 N–H and O–H groups in total. The molecule has 0 bridgehead atoms. The molecule has 120 valence electrons. The first-order valence-corrected chi connectivity index (χ1v) is 8.38. The molecule has 0 aliphatic heterocycles. The van der Waals surface area contributed by atoms with Gasteiger partial charge in [0.25, 0.3) is 0 Å². The molecule has 1 aromatic carbocycles. The number of aromatic nitrogens is 3. The molecule has 0 unspecified atom stereocenters. The van der Waals surface area contributed by atoms with E-state index in [1.807, 2.05) is 16.7 Å². The predicted octanol–water partition coefficient (Wildman–Crippen LogP) is 3.00. The predicted molar refractivity (Wildman–Crippen MR) is 88.7 cm³/mol. The van der Waals surface area contributed by atoms with Gasteiger partial charge in [0.1, 0.15) is 6.33 Å². The van der Waals surface area contributed by atoms with Gasteiger partial charge in [-0.05, 0) is 27.6 Å². The van der Waals surface area contributed by atoms with E-state index in [1.165, 1.54) is 0 Å². The molecule has 0 aliphatic carbocycles. The molecule has 2 aromatic rings. The standard InChI is InChI=1S/C14H18BrN3O3S/c1-19-7-6-18-9-16-17-14(18)22-8-10-4-5-11(20-2)13(21-3)12(10)15/h4-5,9H,6-8H2,1-3H3. The van der Waals surface area contributed by atoms with E-state index in [2.05, 4.69) is 26.1 Å². The van der Waals surface area contributed by atoms with E-state index >= 15 is 0 Å². The lowest BCUT2D eigenvalue weighted by Gasteiger charge is -2.13. The van der Waals surface area contributed by atoms with Gasteiger partial charge in [-0.3, -0.25) is 0 Å². The van der Waals surface area contributed by atoms with Crippen molar-refractivity contribution in [3.63, 3.8) is 0 Å². The molecule has 0 spiro atoms. The summed E-state index contributed by atoms with van der Waals surface area (Å²) in [6, 6.07) is 3.91. The summed E-state index contributed by atoms with van der Waals surface area (Å²) < 4.78 is 18.6. The lowest BCUT2D eigenvalue weighted by Crippen LogP contribution is -2.04. The van der Waals surface area contributed by atoms with Gasteiger partial charge in [-0.25, -0.2) is 0 Å². The Balaban J connectivity index is 2.10. The molecule has 0 atom stereocenters. The normalized spacial score (nSPS) is 10.7. The zero-order chi connectivity index (χ0) is 15.9. The molecule has 0 saturated heterocycles. The highest BCUT2D eigenvalue weighted by Gasteiger charge is 2.14. The molecule has 1 aromatic heterocycles. The average molecular weight is 388 g/mol. The van der Waals surface area contributed by atoms with Gasteiger partial charge in [-0.1, -0.05) is 17.8 Å². The van der Waals surface area contributed by atoms with Gasteiger partial charge in [0, 0.05) is 19.4 Å². The van der Waals surface area contributed by atoms with Gasteiger partial charge >= 0.3 is 0 Å². The van der Waals surface area contributed by atoms with Crippen LogP contribution in [0.4, 0.5) is 0 Å². The smallest absolute Gasteiger partial charge is 0.191 e. The summed E-state index contributed by atoms with van der Waals surface area (Å²) in [7, 11) is 4.93. The van der Waals surface area contributed by atoms with Gasteiger partial charge in [-0.15, -0.1) is 10.2 Å². The van der Waals surface area contributed by atoms with Gasteiger partial charge < -0.3 is 18.8 Å². The van der Waals surface area contributed by atoms with Crippen molar-refractivity contribution in [3.8, 4) is 11.5 Å². The summed E-state index contributed by atoms with van der Waals surface area (Å²) >= 11 is 5.19. The molecule has 1 heterocycles. The van der Waals surface area contributed by atoms with Crippen molar-refractivity contribution in [3.05, 3.63) is 28.5 Å². The number of benzene rings is 1. The van der Waals surface area contributed by atoms with Crippen LogP contribution in [-0.2, 0) is 17.0 Å². The largest absolute Gasteiger partial charge is 0.493 e. The van der Waals surface area contributed by atoms with Crippen LogP contribution < -0.4 is 9.47 Å². The van der Waals surface area contributed by atoms with Crippen molar-refractivity contribution in [1.29, 1.82) is 0 Å². The van der Waals surface area contributed by atoms with E-state index in [1.54, 1.807) is 39.4 Å². The molecular formula is C14H18BrN3O3S. The topological polar surface area (TPSA) is 58.4 Å². The molecule has 0 fully saturated rings. The van der Waals surface area contributed by atoms with Crippen molar-refractivity contribution in [2.45, 2.75) is 17.5 Å². The Morgan fingerprint density at radius 2 is 2.05 bits per heavy atom. The molecule has 22 heavy (non-hydrogen) atoms. The van der Waals surface area contributed by atoms with E-state index in [9.17, 15) is 0 Å². The SMILES string of the molecule is COCCn1cnnc1SCc1ccc(OC)c(OC)c1Br. The van der Waals surface area contributed by atoms with Crippen molar-refractivity contribution in [2.24, 2.45) is 0 Å². The fourth-order valence-electron chi connectivity index (χ4n) is 1.88. The fourth-order valence-corrected chi connectivity index (χ4v) is 3.63. The van der Waals surface area contributed by atoms with Crippen LogP contribution in [0.25, 0.3) is 0 Å². The number of ether oxygens (including phenoxy) is 3. The highest BCUT2D eigenvalue weighted by atomic mass is 79.9. The summed E-state index contributed by atoms with van der Waals surface area (Å²) in [6.07, 6.45) is 1.71. The molecule has 0 aliphatic rings. The number of hydrogen-bond donors (Lipinski definition) is 0. The van der Waals surface area contributed by atoms with Crippen LogP contribution in [0.3, 0.4) is 0 Å². The van der Waals surface area contributed by atoms with E-state index in [0.717, 1.165) is 27.5 Å². The number of methoxy groups -OCH3 is 3. The number of thioether (sulfide) groups is 1. The quantitative estimate of drug-likeness (QED) is 0.648. The summed E-state index contributed by atoms with van der Waals surface area (Å²) in [5.41, 5.74) is 1.10. The maximum absolute atomic E-state index is 5.39. The maximum Gasteiger partial charge on any atom is 0.191 e. The lowest BCUT2D eigenvalue weighted by atomic mass is 10.2.